The Morgan fingerprint density at radius 3 is 2.44 bits per heavy atom. The Kier molecular flexibility index (Phi) is 4.20. The van der Waals surface area contributed by atoms with Crippen molar-refractivity contribution in [1.82, 2.24) is 0 Å². The molecule has 1 aliphatic heterocycles. The molecule has 1 atom stereocenters. The summed E-state index contributed by atoms with van der Waals surface area (Å²) >= 11 is 0. The van der Waals surface area contributed by atoms with E-state index in [1.54, 1.807) is 0 Å². The lowest BCUT2D eigenvalue weighted by Gasteiger charge is -2.29. The predicted molar refractivity (Wildman–Crippen MR) is 70.1 cm³/mol. The molecule has 1 aromatic carbocycles. The standard InChI is InChI=1S/C14H19NO3/c1-2-13(14(16)17)11-3-5-12(6-4-11)15-7-9-18-10-8-15/h3-6,13H,2,7-10H2,1H3,(H,16,17). The van der Waals surface area contributed by atoms with Gasteiger partial charge in [-0.1, -0.05) is 19.1 Å². The Labute approximate surface area is 107 Å². The molecule has 0 aliphatic carbocycles. The molecule has 0 spiro atoms. The molecule has 1 fully saturated rings. The molecule has 0 amide bonds. The fraction of sp³-hybridized carbons (Fsp3) is 0.500. The van der Waals surface area contributed by atoms with Gasteiger partial charge in [0, 0.05) is 18.8 Å². The van der Waals surface area contributed by atoms with Crippen LogP contribution in [-0.4, -0.2) is 37.4 Å². The summed E-state index contributed by atoms with van der Waals surface area (Å²) < 4.78 is 5.31. The minimum Gasteiger partial charge on any atom is -0.481 e. The zero-order chi connectivity index (χ0) is 13.0. The zero-order valence-corrected chi connectivity index (χ0v) is 10.6. The van der Waals surface area contributed by atoms with Gasteiger partial charge < -0.3 is 14.7 Å². The number of nitrogens with zero attached hydrogens (tertiary/aromatic N) is 1. The largest absolute Gasteiger partial charge is 0.481 e. The summed E-state index contributed by atoms with van der Waals surface area (Å²) in [5, 5.41) is 9.12. The first-order valence-electron chi connectivity index (χ1n) is 6.38. The third-order valence-electron chi connectivity index (χ3n) is 3.38. The monoisotopic (exact) mass is 249 g/mol. The van der Waals surface area contributed by atoms with Crippen LogP contribution in [0, 0.1) is 0 Å². The van der Waals surface area contributed by atoms with E-state index in [0.717, 1.165) is 37.6 Å². The highest BCUT2D eigenvalue weighted by atomic mass is 16.5. The minimum atomic E-state index is -0.753. The average Bonchev–Trinajstić information content (AvgIpc) is 2.41. The lowest BCUT2D eigenvalue weighted by Crippen LogP contribution is -2.36. The summed E-state index contributed by atoms with van der Waals surface area (Å²) in [6.07, 6.45) is 0.617. The van der Waals surface area contributed by atoms with E-state index >= 15 is 0 Å². The number of hydrogen-bond donors (Lipinski definition) is 1. The summed E-state index contributed by atoms with van der Waals surface area (Å²) in [4.78, 5) is 13.3. The quantitative estimate of drug-likeness (QED) is 0.887. The smallest absolute Gasteiger partial charge is 0.310 e. The number of ether oxygens (including phenoxy) is 1. The maximum absolute atomic E-state index is 11.1. The van der Waals surface area contributed by atoms with Gasteiger partial charge >= 0.3 is 5.97 Å². The molecule has 0 bridgehead atoms. The van der Waals surface area contributed by atoms with Crippen LogP contribution in [0.3, 0.4) is 0 Å². The molecule has 0 radical (unpaired) electrons. The molecule has 1 aliphatic rings. The number of carboxylic acid groups (broad SMARTS) is 1. The van der Waals surface area contributed by atoms with Gasteiger partial charge in [0.25, 0.3) is 0 Å². The van der Waals surface area contributed by atoms with E-state index in [2.05, 4.69) is 4.90 Å². The molecular formula is C14H19NO3. The van der Waals surface area contributed by atoms with E-state index in [1.807, 2.05) is 31.2 Å². The van der Waals surface area contributed by atoms with Gasteiger partial charge in [-0.25, -0.2) is 0 Å². The van der Waals surface area contributed by atoms with Crippen LogP contribution in [0.1, 0.15) is 24.8 Å². The van der Waals surface area contributed by atoms with Crippen molar-refractivity contribution in [2.45, 2.75) is 19.3 Å². The van der Waals surface area contributed by atoms with Crippen molar-refractivity contribution in [3.63, 3.8) is 0 Å². The van der Waals surface area contributed by atoms with E-state index in [4.69, 9.17) is 9.84 Å². The average molecular weight is 249 g/mol. The maximum Gasteiger partial charge on any atom is 0.310 e. The molecule has 1 heterocycles. The molecule has 1 aromatic rings. The number of rotatable bonds is 4. The third-order valence-corrected chi connectivity index (χ3v) is 3.38. The van der Waals surface area contributed by atoms with Crippen LogP contribution in [-0.2, 0) is 9.53 Å². The van der Waals surface area contributed by atoms with Gasteiger partial charge in [-0.05, 0) is 24.1 Å². The van der Waals surface area contributed by atoms with Crippen molar-refractivity contribution in [3.8, 4) is 0 Å². The summed E-state index contributed by atoms with van der Waals surface area (Å²) in [6.45, 7) is 5.21. The number of aliphatic carboxylic acids is 1. The highest BCUT2D eigenvalue weighted by molar-refractivity contribution is 5.76. The number of morpholine rings is 1. The second-order valence-corrected chi connectivity index (χ2v) is 4.49. The van der Waals surface area contributed by atoms with Gasteiger partial charge in [0.05, 0.1) is 19.1 Å². The Balaban J connectivity index is 2.11. The SMILES string of the molecule is CCC(C(=O)O)c1ccc(N2CCOCC2)cc1. The zero-order valence-electron chi connectivity index (χ0n) is 10.6. The number of benzene rings is 1. The lowest BCUT2D eigenvalue weighted by molar-refractivity contribution is -0.138. The van der Waals surface area contributed by atoms with Crippen LogP contribution in [0.25, 0.3) is 0 Å². The first-order valence-corrected chi connectivity index (χ1v) is 6.38. The third kappa shape index (κ3) is 2.82. The summed E-state index contributed by atoms with van der Waals surface area (Å²) in [6, 6.07) is 7.86. The van der Waals surface area contributed by atoms with Crippen molar-refractivity contribution in [2.75, 3.05) is 31.2 Å². The fourth-order valence-corrected chi connectivity index (χ4v) is 2.29. The number of carboxylic acids is 1. The van der Waals surface area contributed by atoms with E-state index in [-0.39, 0.29) is 0 Å². The summed E-state index contributed by atoms with van der Waals surface area (Å²) in [5.41, 5.74) is 2.02. The topological polar surface area (TPSA) is 49.8 Å². The highest BCUT2D eigenvalue weighted by Crippen LogP contribution is 2.23. The van der Waals surface area contributed by atoms with Crippen molar-refractivity contribution in [3.05, 3.63) is 29.8 Å². The minimum absolute atomic E-state index is 0.399. The molecule has 0 saturated carbocycles. The lowest BCUT2D eigenvalue weighted by atomic mass is 9.96. The molecule has 98 valence electrons. The van der Waals surface area contributed by atoms with Gasteiger partial charge in [-0.3, -0.25) is 4.79 Å². The second-order valence-electron chi connectivity index (χ2n) is 4.49. The van der Waals surface area contributed by atoms with Gasteiger partial charge in [0.1, 0.15) is 0 Å². The first-order chi connectivity index (χ1) is 8.72. The van der Waals surface area contributed by atoms with Crippen LogP contribution < -0.4 is 4.90 Å². The maximum atomic E-state index is 11.1. The van der Waals surface area contributed by atoms with Gasteiger partial charge in [-0.2, -0.15) is 0 Å². The fourth-order valence-electron chi connectivity index (χ4n) is 2.29. The normalized spacial score (nSPS) is 17.5. The number of carbonyl (C=O) groups is 1. The van der Waals surface area contributed by atoms with E-state index in [1.165, 1.54) is 0 Å². The van der Waals surface area contributed by atoms with Crippen molar-refractivity contribution in [2.24, 2.45) is 0 Å². The Morgan fingerprint density at radius 1 is 1.33 bits per heavy atom. The molecule has 1 unspecified atom stereocenters. The van der Waals surface area contributed by atoms with Crippen molar-refractivity contribution in [1.29, 1.82) is 0 Å². The summed E-state index contributed by atoms with van der Waals surface area (Å²) in [5.74, 6) is -1.15. The van der Waals surface area contributed by atoms with Gasteiger partial charge in [0.2, 0.25) is 0 Å². The van der Waals surface area contributed by atoms with Crippen LogP contribution in [0.15, 0.2) is 24.3 Å². The Hall–Kier alpha value is -1.55. The van der Waals surface area contributed by atoms with Crippen molar-refractivity contribution < 1.29 is 14.6 Å². The highest BCUT2D eigenvalue weighted by Gasteiger charge is 2.18. The second kappa shape index (κ2) is 5.87. The van der Waals surface area contributed by atoms with E-state index in [0.29, 0.717) is 6.42 Å². The first kappa shape index (κ1) is 12.9. The molecule has 4 nitrogen and oxygen atoms in total. The molecule has 4 heteroatoms. The molecule has 1 N–H and O–H groups in total. The Morgan fingerprint density at radius 2 is 1.94 bits per heavy atom. The van der Waals surface area contributed by atoms with Crippen LogP contribution in [0.5, 0.6) is 0 Å². The molecule has 2 rings (SSSR count). The number of anilines is 1. The Bertz CT molecular complexity index is 396. The summed E-state index contributed by atoms with van der Waals surface area (Å²) in [7, 11) is 0. The van der Waals surface area contributed by atoms with Gasteiger partial charge in [0.15, 0.2) is 0 Å². The molecule has 0 aromatic heterocycles. The van der Waals surface area contributed by atoms with Crippen LogP contribution >= 0.6 is 0 Å². The van der Waals surface area contributed by atoms with Gasteiger partial charge in [-0.15, -0.1) is 0 Å². The molecule has 1 saturated heterocycles. The number of hydrogen-bond acceptors (Lipinski definition) is 3. The van der Waals surface area contributed by atoms with Crippen molar-refractivity contribution >= 4 is 11.7 Å². The van der Waals surface area contributed by atoms with Crippen LogP contribution in [0.4, 0.5) is 5.69 Å². The van der Waals surface area contributed by atoms with Crippen LogP contribution in [0.2, 0.25) is 0 Å². The molecule has 18 heavy (non-hydrogen) atoms. The predicted octanol–water partition coefficient (Wildman–Crippen LogP) is 2.10. The molecular weight excluding hydrogens is 230 g/mol. The van der Waals surface area contributed by atoms with E-state index < -0.39 is 11.9 Å². The van der Waals surface area contributed by atoms with E-state index in [9.17, 15) is 4.79 Å².